The summed E-state index contributed by atoms with van der Waals surface area (Å²) in [5.74, 6) is -2.01. The number of hydrogen-bond acceptors (Lipinski definition) is 6. The Labute approximate surface area is 187 Å². The number of aliphatic imine (C=N–C) groups is 1. The maximum Gasteiger partial charge on any atom is 0.336 e. The average molecular weight is 431 g/mol. The Morgan fingerprint density at radius 2 is 1.56 bits per heavy atom. The average Bonchev–Trinajstić information content (AvgIpc) is 3.02. The van der Waals surface area contributed by atoms with Crippen molar-refractivity contribution in [2.45, 2.75) is 33.1 Å². The fraction of sp³-hybridized carbons (Fsp3) is 0.308. The zero-order chi connectivity index (χ0) is 22.9. The first kappa shape index (κ1) is 21.7. The molecule has 6 nitrogen and oxygen atoms in total. The number of ketones is 1. The van der Waals surface area contributed by atoms with Crippen LogP contribution in [0.2, 0.25) is 0 Å². The molecule has 0 bridgehead atoms. The molecule has 2 atom stereocenters. The standard InChI is InChI=1S/C26H25NO5/c1-4-31-20(28)15-26-22(17-11-7-6-8-12-17)21(25(30)32-5-2)16(3)27-23(26)18-13-9-10-14-19(18)24(26)29/h6-14,22H,4-5,15H2,1-3H3. The molecule has 1 heterocycles. The molecule has 0 N–H and O–H groups in total. The Bertz CT molecular complexity index is 1150. The van der Waals surface area contributed by atoms with Crippen LogP contribution >= 0.6 is 0 Å². The second kappa shape index (κ2) is 8.54. The predicted molar refractivity (Wildman–Crippen MR) is 120 cm³/mol. The summed E-state index contributed by atoms with van der Waals surface area (Å²) >= 11 is 0. The summed E-state index contributed by atoms with van der Waals surface area (Å²) in [6, 6.07) is 16.5. The lowest BCUT2D eigenvalue weighted by Gasteiger charge is -2.40. The number of ether oxygens (including phenoxy) is 2. The van der Waals surface area contributed by atoms with E-state index in [4.69, 9.17) is 14.5 Å². The van der Waals surface area contributed by atoms with Crippen molar-refractivity contribution in [2.75, 3.05) is 13.2 Å². The lowest BCUT2D eigenvalue weighted by Crippen LogP contribution is -2.46. The third kappa shape index (κ3) is 3.27. The number of rotatable bonds is 6. The molecule has 2 aromatic carbocycles. The van der Waals surface area contributed by atoms with Gasteiger partial charge in [0.15, 0.2) is 5.78 Å². The van der Waals surface area contributed by atoms with E-state index in [-0.39, 0.29) is 25.4 Å². The van der Waals surface area contributed by atoms with E-state index in [2.05, 4.69) is 0 Å². The third-order valence-corrected chi connectivity index (χ3v) is 6.06. The maximum absolute atomic E-state index is 14.0. The topological polar surface area (TPSA) is 82.0 Å². The van der Waals surface area contributed by atoms with Gasteiger partial charge in [-0.25, -0.2) is 4.79 Å². The van der Waals surface area contributed by atoms with E-state index in [9.17, 15) is 14.4 Å². The minimum atomic E-state index is -1.39. The maximum atomic E-state index is 14.0. The number of carbonyl (C=O) groups excluding carboxylic acids is 3. The van der Waals surface area contributed by atoms with Crippen LogP contribution in [0.3, 0.4) is 0 Å². The number of esters is 2. The number of nitrogens with zero attached hydrogens (tertiary/aromatic N) is 1. The first-order valence-electron chi connectivity index (χ1n) is 10.8. The molecule has 1 aliphatic heterocycles. The molecular formula is C26H25NO5. The quantitative estimate of drug-likeness (QED) is 0.639. The second-order valence-corrected chi connectivity index (χ2v) is 7.85. The van der Waals surface area contributed by atoms with Gasteiger partial charge >= 0.3 is 11.9 Å². The van der Waals surface area contributed by atoms with Crippen molar-refractivity contribution >= 4 is 23.4 Å². The summed E-state index contributed by atoms with van der Waals surface area (Å²) in [7, 11) is 0. The number of Topliss-reactive ketones (excluding diaryl/α,β-unsaturated/α-hetero) is 1. The molecule has 4 rings (SSSR count). The smallest absolute Gasteiger partial charge is 0.336 e. The van der Waals surface area contributed by atoms with Gasteiger partial charge in [0.05, 0.1) is 36.3 Å². The highest BCUT2D eigenvalue weighted by atomic mass is 16.5. The number of allylic oxidation sites excluding steroid dienone is 1. The first-order valence-corrected chi connectivity index (χ1v) is 10.8. The molecule has 0 fully saturated rings. The van der Waals surface area contributed by atoms with Crippen LogP contribution in [0, 0.1) is 5.41 Å². The molecule has 0 aromatic heterocycles. The van der Waals surface area contributed by atoms with Crippen LogP contribution in [0.15, 0.2) is 70.9 Å². The molecule has 164 valence electrons. The molecular weight excluding hydrogens is 406 g/mol. The van der Waals surface area contributed by atoms with Crippen molar-refractivity contribution in [1.29, 1.82) is 0 Å². The normalized spacial score (nSPS) is 21.5. The van der Waals surface area contributed by atoms with E-state index in [0.717, 1.165) is 5.56 Å². The number of hydrogen-bond donors (Lipinski definition) is 0. The van der Waals surface area contributed by atoms with E-state index in [1.165, 1.54) is 0 Å². The molecule has 2 aromatic rings. The first-order chi connectivity index (χ1) is 15.5. The highest BCUT2D eigenvalue weighted by molar-refractivity contribution is 6.34. The summed E-state index contributed by atoms with van der Waals surface area (Å²) in [5, 5.41) is 0. The predicted octanol–water partition coefficient (Wildman–Crippen LogP) is 4.25. The van der Waals surface area contributed by atoms with Crippen molar-refractivity contribution in [1.82, 2.24) is 0 Å². The van der Waals surface area contributed by atoms with Crippen LogP contribution in [0.4, 0.5) is 0 Å². The lowest BCUT2D eigenvalue weighted by molar-refractivity contribution is -0.145. The Morgan fingerprint density at radius 3 is 2.22 bits per heavy atom. The highest BCUT2D eigenvalue weighted by Gasteiger charge is 2.61. The molecule has 2 aliphatic rings. The summed E-state index contributed by atoms with van der Waals surface area (Å²) in [6.07, 6.45) is -0.219. The van der Waals surface area contributed by atoms with Crippen molar-refractivity contribution in [2.24, 2.45) is 10.4 Å². The third-order valence-electron chi connectivity index (χ3n) is 6.06. The SMILES string of the molecule is CCOC(=O)CC12C(=O)c3ccccc3C1=NC(C)=C(C(=O)OCC)C2c1ccccc1. The van der Waals surface area contributed by atoms with E-state index in [1.54, 1.807) is 32.9 Å². The van der Waals surface area contributed by atoms with Crippen molar-refractivity contribution in [3.05, 3.63) is 82.6 Å². The fourth-order valence-electron chi connectivity index (χ4n) is 4.86. The van der Waals surface area contributed by atoms with Crippen LogP contribution in [-0.4, -0.2) is 36.6 Å². The Balaban J connectivity index is 2.04. The van der Waals surface area contributed by atoms with Gasteiger partial charge in [0, 0.05) is 22.7 Å². The Morgan fingerprint density at radius 1 is 0.938 bits per heavy atom. The van der Waals surface area contributed by atoms with Crippen LogP contribution in [-0.2, 0) is 19.1 Å². The molecule has 0 radical (unpaired) electrons. The molecule has 0 saturated carbocycles. The monoisotopic (exact) mass is 431 g/mol. The second-order valence-electron chi connectivity index (χ2n) is 7.85. The molecule has 6 heteroatoms. The minimum absolute atomic E-state index is 0.187. The molecule has 0 spiro atoms. The molecule has 32 heavy (non-hydrogen) atoms. The van der Waals surface area contributed by atoms with Gasteiger partial charge in [-0.05, 0) is 26.3 Å². The van der Waals surface area contributed by atoms with Gasteiger partial charge in [-0.2, -0.15) is 0 Å². The van der Waals surface area contributed by atoms with Crippen LogP contribution < -0.4 is 0 Å². The highest BCUT2D eigenvalue weighted by Crippen LogP contribution is 2.56. The number of fused-ring (bicyclic) bond motifs is 3. The molecule has 0 amide bonds. The van der Waals surface area contributed by atoms with Gasteiger partial charge < -0.3 is 9.47 Å². The van der Waals surface area contributed by atoms with Gasteiger partial charge in [-0.1, -0.05) is 54.6 Å². The molecule has 2 unspecified atom stereocenters. The molecule has 1 aliphatic carbocycles. The van der Waals surface area contributed by atoms with Crippen molar-refractivity contribution in [3.63, 3.8) is 0 Å². The van der Waals surface area contributed by atoms with E-state index in [1.807, 2.05) is 42.5 Å². The fourth-order valence-corrected chi connectivity index (χ4v) is 4.86. The zero-order valence-electron chi connectivity index (χ0n) is 18.4. The van der Waals surface area contributed by atoms with Gasteiger partial charge in [0.2, 0.25) is 0 Å². The van der Waals surface area contributed by atoms with E-state index in [0.29, 0.717) is 28.1 Å². The van der Waals surface area contributed by atoms with Gasteiger partial charge in [0.25, 0.3) is 0 Å². The molecule has 0 saturated heterocycles. The van der Waals surface area contributed by atoms with E-state index >= 15 is 0 Å². The Kier molecular flexibility index (Phi) is 5.78. The van der Waals surface area contributed by atoms with Gasteiger partial charge in [-0.15, -0.1) is 0 Å². The number of carbonyl (C=O) groups is 3. The summed E-state index contributed by atoms with van der Waals surface area (Å²) in [5.41, 5.74) is 1.82. The number of benzene rings is 2. The minimum Gasteiger partial charge on any atom is -0.466 e. The largest absolute Gasteiger partial charge is 0.466 e. The van der Waals surface area contributed by atoms with Crippen LogP contribution in [0.1, 0.15) is 54.6 Å². The Hall–Kier alpha value is -3.54. The summed E-state index contributed by atoms with van der Waals surface area (Å²) < 4.78 is 10.6. The van der Waals surface area contributed by atoms with Crippen LogP contribution in [0.5, 0.6) is 0 Å². The van der Waals surface area contributed by atoms with Gasteiger partial charge in [-0.3, -0.25) is 14.6 Å². The summed E-state index contributed by atoms with van der Waals surface area (Å²) in [6.45, 7) is 5.58. The van der Waals surface area contributed by atoms with Crippen molar-refractivity contribution in [3.8, 4) is 0 Å². The van der Waals surface area contributed by atoms with Crippen molar-refractivity contribution < 1.29 is 23.9 Å². The lowest BCUT2D eigenvalue weighted by atomic mass is 9.61. The summed E-state index contributed by atoms with van der Waals surface area (Å²) in [4.78, 5) is 44.8. The van der Waals surface area contributed by atoms with Crippen LogP contribution in [0.25, 0.3) is 0 Å². The zero-order valence-corrected chi connectivity index (χ0v) is 18.4. The van der Waals surface area contributed by atoms with Gasteiger partial charge in [0.1, 0.15) is 0 Å². The van der Waals surface area contributed by atoms with E-state index < -0.39 is 23.3 Å².